The van der Waals surface area contributed by atoms with Gasteiger partial charge in [-0.2, -0.15) is 0 Å². The molecule has 5 atom stereocenters. The van der Waals surface area contributed by atoms with E-state index in [0.717, 1.165) is 24.2 Å². The number of carbonyl (C=O) groups is 1. The van der Waals surface area contributed by atoms with Gasteiger partial charge in [0.2, 0.25) is 5.91 Å². The summed E-state index contributed by atoms with van der Waals surface area (Å²) in [5, 5.41) is 14.0. The van der Waals surface area contributed by atoms with Crippen molar-refractivity contribution < 1.29 is 9.72 Å². The second-order valence-corrected chi connectivity index (χ2v) is 7.45. The van der Waals surface area contributed by atoms with Crippen LogP contribution in [0.2, 0.25) is 0 Å². The number of nitrogens with one attached hydrogen (secondary N) is 1. The quantitative estimate of drug-likeness (QED) is 0.522. The number of nitro groups is 1. The maximum absolute atomic E-state index is 12.2. The van der Waals surface area contributed by atoms with Gasteiger partial charge in [-0.15, -0.1) is 0 Å². The van der Waals surface area contributed by atoms with Gasteiger partial charge < -0.3 is 5.32 Å². The molecule has 1 aromatic carbocycles. The summed E-state index contributed by atoms with van der Waals surface area (Å²) in [6, 6.07) is 6.63. The molecule has 3 saturated carbocycles. The van der Waals surface area contributed by atoms with E-state index in [1.54, 1.807) is 18.2 Å². The summed E-state index contributed by atoms with van der Waals surface area (Å²) in [6.45, 7) is 0. The van der Waals surface area contributed by atoms with E-state index in [1.807, 2.05) is 0 Å². The number of nitro benzene ring substituents is 1. The van der Waals surface area contributed by atoms with E-state index in [-0.39, 0.29) is 11.6 Å². The van der Waals surface area contributed by atoms with Gasteiger partial charge in [0.05, 0.1) is 4.92 Å². The number of fused-ring (bicyclic) bond motifs is 5. The van der Waals surface area contributed by atoms with Gasteiger partial charge in [0, 0.05) is 24.3 Å². The van der Waals surface area contributed by atoms with Crippen LogP contribution in [0.5, 0.6) is 0 Å². The van der Waals surface area contributed by atoms with E-state index >= 15 is 0 Å². The molecule has 0 aliphatic heterocycles. The van der Waals surface area contributed by atoms with Crippen molar-refractivity contribution >= 4 is 17.7 Å². The van der Waals surface area contributed by atoms with E-state index in [1.165, 1.54) is 43.9 Å². The van der Waals surface area contributed by atoms with Crippen LogP contribution < -0.4 is 5.32 Å². The number of rotatable bonds is 4. The number of hydrogen-bond donors (Lipinski definition) is 1. The van der Waals surface area contributed by atoms with Crippen LogP contribution in [0.25, 0.3) is 6.08 Å². The number of carbonyl (C=O) groups excluding carboxylic acids is 1. The third kappa shape index (κ3) is 2.72. The van der Waals surface area contributed by atoms with Crippen molar-refractivity contribution in [3.63, 3.8) is 0 Å². The molecule has 5 heteroatoms. The van der Waals surface area contributed by atoms with Crippen molar-refractivity contribution in [1.29, 1.82) is 0 Å². The Morgan fingerprint density at radius 1 is 1.21 bits per heavy atom. The van der Waals surface area contributed by atoms with Crippen molar-refractivity contribution in [2.24, 2.45) is 23.7 Å². The van der Waals surface area contributed by atoms with Crippen LogP contribution in [0.15, 0.2) is 30.3 Å². The molecular formula is C19H22N2O3. The Kier molecular flexibility index (Phi) is 3.87. The predicted molar refractivity (Wildman–Crippen MR) is 91.1 cm³/mol. The molecule has 3 aliphatic carbocycles. The Hall–Kier alpha value is -2.17. The normalized spacial score (nSPS) is 33.8. The van der Waals surface area contributed by atoms with Crippen molar-refractivity contribution in [3.8, 4) is 0 Å². The van der Waals surface area contributed by atoms with E-state index < -0.39 is 4.92 Å². The second kappa shape index (κ2) is 6.04. The van der Waals surface area contributed by atoms with E-state index in [4.69, 9.17) is 0 Å². The van der Waals surface area contributed by atoms with Crippen LogP contribution in [0.3, 0.4) is 0 Å². The van der Waals surface area contributed by atoms with Crippen LogP contribution in [-0.4, -0.2) is 16.9 Å². The summed E-state index contributed by atoms with van der Waals surface area (Å²) in [7, 11) is 0. The van der Waals surface area contributed by atoms with E-state index in [9.17, 15) is 14.9 Å². The molecule has 1 amide bonds. The standard InChI is InChI=1S/C19H22N2O3/c22-19(8-7-12-3-1-4-14(9-12)21(23)24)20-18-11-13-10-17(18)16-6-2-5-15(13)16/h1,3-4,7-9,13,15-18H,2,5-6,10-11H2,(H,20,22)/b8-7-/t13-,15+,16-,17+,18-/m1/s1. The first kappa shape index (κ1) is 15.4. The van der Waals surface area contributed by atoms with Crippen LogP contribution >= 0.6 is 0 Å². The molecule has 4 rings (SSSR count). The molecule has 3 fully saturated rings. The lowest BCUT2D eigenvalue weighted by Crippen LogP contribution is -2.41. The molecule has 1 N–H and O–H groups in total. The topological polar surface area (TPSA) is 72.2 Å². The molecule has 24 heavy (non-hydrogen) atoms. The lowest BCUT2D eigenvalue weighted by atomic mass is 9.79. The minimum Gasteiger partial charge on any atom is -0.350 e. The van der Waals surface area contributed by atoms with Gasteiger partial charge in [0.15, 0.2) is 0 Å². The van der Waals surface area contributed by atoms with Crippen LogP contribution in [0, 0.1) is 33.8 Å². The average molecular weight is 326 g/mol. The Morgan fingerprint density at radius 3 is 2.88 bits per heavy atom. The van der Waals surface area contributed by atoms with Crippen LogP contribution in [0.1, 0.15) is 37.7 Å². The number of nitrogens with zero attached hydrogens (tertiary/aromatic N) is 1. The van der Waals surface area contributed by atoms with Crippen LogP contribution in [0.4, 0.5) is 5.69 Å². The fourth-order valence-corrected chi connectivity index (χ4v) is 5.38. The van der Waals surface area contributed by atoms with Crippen molar-refractivity contribution in [2.75, 3.05) is 0 Å². The smallest absolute Gasteiger partial charge is 0.270 e. The summed E-state index contributed by atoms with van der Waals surface area (Å²) in [6.07, 6.45) is 9.64. The molecule has 0 radical (unpaired) electrons. The summed E-state index contributed by atoms with van der Waals surface area (Å²) < 4.78 is 0. The number of non-ortho nitro benzene ring substituents is 1. The first-order valence-corrected chi connectivity index (χ1v) is 8.85. The second-order valence-electron chi connectivity index (χ2n) is 7.45. The number of hydrogen-bond acceptors (Lipinski definition) is 3. The molecule has 0 spiro atoms. The van der Waals surface area contributed by atoms with Gasteiger partial charge in [0.25, 0.3) is 5.69 Å². The van der Waals surface area contributed by atoms with E-state index in [0.29, 0.717) is 17.5 Å². The van der Waals surface area contributed by atoms with Gasteiger partial charge in [-0.1, -0.05) is 18.6 Å². The number of amides is 1. The summed E-state index contributed by atoms with van der Waals surface area (Å²) in [5.41, 5.74) is 0.709. The lowest BCUT2D eigenvalue weighted by Gasteiger charge is -2.31. The SMILES string of the molecule is O=C(/C=C\c1cccc([N+](=O)[O-])c1)N[C@@H]1C[C@H]2C[C@H]1[C@@H]1CCC[C@@H]21. The number of benzene rings is 1. The monoisotopic (exact) mass is 326 g/mol. The Labute approximate surface area is 141 Å². The highest BCUT2D eigenvalue weighted by atomic mass is 16.6. The molecule has 126 valence electrons. The maximum atomic E-state index is 12.2. The van der Waals surface area contributed by atoms with Crippen molar-refractivity contribution in [2.45, 2.75) is 38.1 Å². The zero-order valence-electron chi connectivity index (χ0n) is 13.6. The molecule has 3 aliphatic rings. The van der Waals surface area contributed by atoms with Crippen molar-refractivity contribution in [3.05, 3.63) is 46.0 Å². The molecular weight excluding hydrogens is 304 g/mol. The fraction of sp³-hybridized carbons (Fsp3) is 0.526. The Bertz CT molecular complexity index is 700. The summed E-state index contributed by atoms with van der Waals surface area (Å²) >= 11 is 0. The highest BCUT2D eigenvalue weighted by Crippen LogP contribution is 2.58. The molecule has 0 heterocycles. The Balaban J connectivity index is 1.37. The third-order valence-corrected chi connectivity index (χ3v) is 6.26. The first-order chi connectivity index (χ1) is 11.6. The van der Waals surface area contributed by atoms with Gasteiger partial charge >= 0.3 is 0 Å². The minimum atomic E-state index is -0.426. The zero-order chi connectivity index (χ0) is 16.7. The van der Waals surface area contributed by atoms with Gasteiger partial charge in [-0.3, -0.25) is 14.9 Å². The van der Waals surface area contributed by atoms with Gasteiger partial charge in [0.1, 0.15) is 0 Å². The zero-order valence-corrected chi connectivity index (χ0v) is 13.6. The highest BCUT2D eigenvalue weighted by Gasteiger charge is 2.53. The van der Waals surface area contributed by atoms with Gasteiger partial charge in [-0.25, -0.2) is 0 Å². The summed E-state index contributed by atoms with van der Waals surface area (Å²) in [4.78, 5) is 22.6. The highest BCUT2D eigenvalue weighted by molar-refractivity contribution is 5.92. The first-order valence-electron chi connectivity index (χ1n) is 8.85. The molecule has 5 nitrogen and oxygen atoms in total. The predicted octanol–water partition coefficient (Wildman–Crippen LogP) is 3.55. The fourth-order valence-electron chi connectivity index (χ4n) is 5.38. The van der Waals surface area contributed by atoms with E-state index in [2.05, 4.69) is 5.32 Å². The molecule has 0 unspecified atom stereocenters. The van der Waals surface area contributed by atoms with Gasteiger partial charge in [-0.05, 0) is 61.0 Å². The minimum absolute atomic E-state index is 0.0398. The average Bonchev–Trinajstić information content (AvgIpc) is 3.26. The lowest BCUT2D eigenvalue weighted by molar-refractivity contribution is -0.384. The largest absolute Gasteiger partial charge is 0.350 e. The molecule has 2 bridgehead atoms. The van der Waals surface area contributed by atoms with Crippen molar-refractivity contribution in [1.82, 2.24) is 5.32 Å². The molecule has 1 aromatic rings. The third-order valence-electron chi connectivity index (χ3n) is 6.26. The molecule has 0 saturated heterocycles. The maximum Gasteiger partial charge on any atom is 0.270 e. The summed E-state index contributed by atoms with van der Waals surface area (Å²) in [5.74, 6) is 3.14. The molecule has 0 aromatic heterocycles. The Morgan fingerprint density at radius 2 is 2.04 bits per heavy atom. The van der Waals surface area contributed by atoms with Crippen LogP contribution in [-0.2, 0) is 4.79 Å².